The summed E-state index contributed by atoms with van der Waals surface area (Å²) in [6.45, 7) is 3.63. The van der Waals surface area contributed by atoms with Crippen molar-refractivity contribution in [3.8, 4) is 5.75 Å². The molecule has 1 aromatic carbocycles. The molecule has 0 aliphatic rings. The van der Waals surface area contributed by atoms with Gasteiger partial charge >= 0.3 is 0 Å². The van der Waals surface area contributed by atoms with Gasteiger partial charge in [-0.1, -0.05) is 6.07 Å². The first-order chi connectivity index (χ1) is 8.69. The number of aliphatic hydroxyl groups is 1. The van der Waals surface area contributed by atoms with E-state index in [1.165, 1.54) is 0 Å². The van der Waals surface area contributed by atoms with Crippen molar-refractivity contribution >= 4 is 0 Å². The minimum absolute atomic E-state index is 0.501. The van der Waals surface area contributed by atoms with E-state index in [9.17, 15) is 5.11 Å². The van der Waals surface area contributed by atoms with Gasteiger partial charge in [-0.25, -0.2) is 0 Å². The summed E-state index contributed by atoms with van der Waals surface area (Å²) in [5.74, 6) is 0.805. The van der Waals surface area contributed by atoms with Gasteiger partial charge in [0.2, 0.25) is 0 Å². The summed E-state index contributed by atoms with van der Waals surface area (Å²) in [5, 5.41) is 10.1. The van der Waals surface area contributed by atoms with E-state index in [0.29, 0.717) is 26.2 Å². The van der Waals surface area contributed by atoms with Crippen LogP contribution in [0.3, 0.4) is 0 Å². The molecule has 0 amide bonds. The first-order valence-corrected chi connectivity index (χ1v) is 6.08. The Kier molecular flexibility index (Phi) is 6.72. The third-order valence-corrected chi connectivity index (χ3v) is 2.80. The SMILES string of the molecule is COCCOCCC(O)c1ccc(OC)cc1C. The number of hydrogen-bond donors (Lipinski definition) is 1. The van der Waals surface area contributed by atoms with E-state index < -0.39 is 6.10 Å². The molecule has 4 heteroatoms. The molecule has 1 aromatic rings. The van der Waals surface area contributed by atoms with Gasteiger partial charge in [0.05, 0.1) is 26.4 Å². The van der Waals surface area contributed by atoms with Gasteiger partial charge in [0.1, 0.15) is 5.75 Å². The highest BCUT2D eigenvalue weighted by Crippen LogP contribution is 2.24. The molecule has 0 aromatic heterocycles. The molecule has 18 heavy (non-hydrogen) atoms. The Morgan fingerprint density at radius 3 is 2.56 bits per heavy atom. The Hall–Kier alpha value is -1.10. The summed E-state index contributed by atoms with van der Waals surface area (Å²) in [7, 11) is 3.27. The van der Waals surface area contributed by atoms with Crippen LogP contribution in [-0.2, 0) is 9.47 Å². The molecule has 1 atom stereocenters. The molecule has 102 valence electrons. The zero-order valence-electron chi connectivity index (χ0n) is 11.3. The van der Waals surface area contributed by atoms with Crippen LogP contribution in [0.15, 0.2) is 18.2 Å². The van der Waals surface area contributed by atoms with Crippen molar-refractivity contribution in [3.05, 3.63) is 29.3 Å². The summed E-state index contributed by atoms with van der Waals surface area (Å²) in [6, 6.07) is 5.68. The number of ether oxygens (including phenoxy) is 3. The summed E-state index contributed by atoms with van der Waals surface area (Å²) in [6.07, 6.45) is 0.0788. The molecule has 4 nitrogen and oxygen atoms in total. The molecule has 0 fully saturated rings. The first kappa shape index (κ1) is 15.0. The Balaban J connectivity index is 2.43. The van der Waals surface area contributed by atoms with Gasteiger partial charge in [-0.2, -0.15) is 0 Å². The molecular formula is C14H22O4. The van der Waals surface area contributed by atoms with E-state index in [0.717, 1.165) is 16.9 Å². The summed E-state index contributed by atoms with van der Waals surface area (Å²) < 4.78 is 15.4. The lowest BCUT2D eigenvalue weighted by molar-refractivity contribution is 0.0474. The van der Waals surface area contributed by atoms with Gasteiger partial charge in [-0.05, 0) is 30.2 Å². The van der Waals surface area contributed by atoms with Crippen LogP contribution in [0.5, 0.6) is 5.75 Å². The standard InChI is InChI=1S/C14H22O4/c1-11-10-12(17-3)4-5-13(11)14(15)6-7-18-9-8-16-2/h4-5,10,14-15H,6-9H2,1-3H3. The van der Waals surface area contributed by atoms with Crippen molar-refractivity contribution in [1.29, 1.82) is 0 Å². The van der Waals surface area contributed by atoms with E-state index in [1.807, 2.05) is 25.1 Å². The maximum absolute atomic E-state index is 10.1. The Morgan fingerprint density at radius 2 is 1.94 bits per heavy atom. The highest BCUT2D eigenvalue weighted by atomic mass is 16.5. The van der Waals surface area contributed by atoms with Crippen LogP contribution in [0.1, 0.15) is 23.7 Å². The van der Waals surface area contributed by atoms with E-state index in [4.69, 9.17) is 14.2 Å². The van der Waals surface area contributed by atoms with Crippen molar-refractivity contribution < 1.29 is 19.3 Å². The van der Waals surface area contributed by atoms with E-state index in [1.54, 1.807) is 14.2 Å². The molecule has 0 heterocycles. The second kappa shape index (κ2) is 8.08. The van der Waals surface area contributed by atoms with Crippen LogP contribution in [0.2, 0.25) is 0 Å². The van der Waals surface area contributed by atoms with Crippen molar-refractivity contribution in [3.63, 3.8) is 0 Å². The van der Waals surface area contributed by atoms with Crippen molar-refractivity contribution in [1.82, 2.24) is 0 Å². The molecule has 0 saturated carbocycles. The molecule has 1 unspecified atom stereocenters. The predicted octanol–water partition coefficient (Wildman–Crippen LogP) is 2.09. The molecule has 0 saturated heterocycles. The van der Waals surface area contributed by atoms with Gasteiger partial charge in [0.15, 0.2) is 0 Å². The topological polar surface area (TPSA) is 47.9 Å². The summed E-state index contributed by atoms with van der Waals surface area (Å²) in [5.41, 5.74) is 1.95. The van der Waals surface area contributed by atoms with Crippen LogP contribution < -0.4 is 4.74 Å². The number of benzene rings is 1. The molecule has 0 aliphatic carbocycles. The minimum atomic E-state index is -0.501. The maximum atomic E-state index is 10.1. The third kappa shape index (κ3) is 4.64. The third-order valence-electron chi connectivity index (χ3n) is 2.80. The van der Waals surface area contributed by atoms with Crippen LogP contribution in [-0.4, -0.2) is 39.1 Å². The van der Waals surface area contributed by atoms with Gasteiger partial charge in [0.25, 0.3) is 0 Å². The normalized spacial score (nSPS) is 12.4. The van der Waals surface area contributed by atoms with Crippen molar-refractivity contribution in [2.75, 3.05) is 34.0 Å². The lowest BCUT2D eigenvalue weighted by atomic mass is 10.0. The largest absolute Gasteiger partial charge is 0.497 e. The monoisotopic (exact) mass is 254 g/mol. The fourth-order valence-electron chi connectivity index (χ4n) is 1.74. The highest BCUT2D eigenvalue weighted by Gasteiger charge is 2.10. The summed E-state index contributed by atoms with van der Waals surface area (Å²) in [4.78, 5) is 0. The van der Waals surface area contributed by atoms with Gasteiger partial charge in [-0.15, -0.1) is 0 Å². The van der Waals surface area contributed by atoms with Crippen LogP contribution in [0, 0.1) is 6.92 Å². The van der Waals surface area contributed by atoms with E-state index in [2.05, 4.69) is 0 Å². The number of aryl methyl sites for hydroxylation is 1. The lowest BCUT2D eigenvalue weighted by Crippen LogP contribution is -2.08. The number of methoxy groups -OCH3 is 2. The van der Waals surface area contributed by atoms with Crippen LogP contribution in [0.4, 0.5) is 0 Å². The average molecular weight is 254 g/mol. The Morgan fingerprint density at radius 1 is 1.17 bits per heavy atom. The second-order valence-electron chi connectivity index (χ2n) is 4.13. The Labute approximate surface area is 108 Å². The fourth-order valence-corrected chi connectivity index (χ4v) is 1.74. The first-order valence-electron chi connectivity index (χ1n) is 6.08. The van der Waals surface area contributed by atoms with Gasteiger partial charge in [0, 0.05) is 20.1 Å². The Bertz CT molecular complexity index is 352. The predicted molar refractivity (Wildman–Crippen MR) is 70.0 cm³/mol. The molecule has 0 aliphatic heterocycles. The molecule has 0 radical (unpaired) electrons. The fraction of sp³-hybridized carbons (Fsp3) is 0.571. The number of hydrogen-bond acceptors (Lipinski definition) is 4. The van der Waals surface area contributed by atoms with Gasteiger partial charge < -0.3 is 19.3 Å². The van der Waals surface area contributed by atoms with E-state index in [-0.39, 0.29) is 0 Å². The van der Waals surface area contributed by atoms with Crippen LogP contribution >= 0.6 is 0 Å². The average Bonchev–Trinajstić information content (AvgIpc) is 2.38. The summed E-state index contributed by atoms with van der Waals surface area (Å²) >= 11 is 0. The molecular weight excluding hydrogens is 232 g/mol. The maximum Gasteiger partial charge on any atom is 0.119 e. The van der Waals surface area contributed by atoms with Crippen molar-refractivity contribution in [2.45, 2.75) is 19.4 Å². The zero-order valence-corrected chi connectivity index (χ0v) is 11.3. The molecule has 1 N–H and O–H groups in total. The number of aliphatic hydroxyl groups excluding tert-OH is 1. The highest BCUT2D eigenvalue weighted by molar-refractivity contribution is 5.35. The molecule has 0 bridgehead atoms. The second-order valence-corrected chi connectivity index (χ2v) is 4.13. The number of rotatable bonds is 8. The molecule has 1 rings (SSSR count). The smallest absolute Gasteiger partial charge is 0.119 e. The quantitative estimate of drug-likeness (QED) is 0.722. The van der Waals surface area contributed by atoms with Crippen LogP contribution in [0.25, 0.3) is 0 Å². The lowest BCUT2D eigenvalue weighted by Gasteiger charge is -2.14. The minimum Gasteiger partial charge on any atom is -0.497 e. The van der Waals surface area contributed by atoms with Gasteiger partial charge in [-0.3, -0.25) is 0 Å². The van der Waals surface area contributed by atoms with E-state index >= 15 is 0 Å². The van der Waals surface area contributed by atoms with Crippen molar-refractivity contribution in [2.24, 2.45) is 0 Å². The zero-order chi connectivity index (χ0) is 13.4. The molecule has 0 spiro atoms.